The number of nitrogens with one attached hydrogen (secondary N) is 1. The molecule has 0 aromatic carbocycles. The van der Waals surface area contributed by atoms with Crippen LogP contribution >= 0.6 is 23.1 Å². The summed E-state index contributed by atoms with van der Waals surface area (Å²) in [6.45, 7) is 2.19. The highest BCUT2D eigenvalue weighted by Gasteiger charge is 2.35. The number of hydrogen-bond acceptors (Lipinski definition) is 7. The van der Waals surface area contributed by atoms with Gasteiger partial charge in [-0.25, -0.2) is 0 Å². The molecular formula is C13H17N5O2S2. The van der Waals surface area contributed by atoms with Crippen molar-refractivity contribution in [1.82, 2.24) is 15.5 Å². The summed E-state index contributed by atoms with van der Waals surface area (Å²) in [5.41, 5.74) is 0. The van der Waals surface area contributed by atoms with Gasteiger partial charge in [-0.05, 0) is 12.8 Å². The number of nitriles is 1. The monoisotopic (exact) mass is 339 g/mol. The molecule has 1 aliphatic rings. The summed E-state index contributed by atoms with van der Waals surface area (Å²) in [7, 11) is 0. The fourth-order valence-corrected chi connectivity index (χ4v) is 3.52. The molecule has 0 bridgehead atoms. The smallest absolute Gasteiger partial charge is 0.230 e. The van der Waals surface area contributed by atoms with Gasteiger partial charge in [0.05, 0.1) is 18.2 Å². The zero-order valence-corrected chi connectivity index (χ0v) is 13.9. The molecule has 1 heterocycles. The van der Waals surface area contributed by atoms with Crippen molar-refractivity contribution in [1.29, 1.82) is 5.26 Å². The third kappa shape index (κ3) is 4.68. The minimum Gasteiger partial charge on any atom is -0.354 e. The van der Waals surface area contributed by atoms with Crippen molar-refractivity contribution < 1.29 is 9.59 Å². The first-order valence-electron chi connectivity index (χ1n) is 7.07. The van der Waals surface area contributed by atoms with Crippen LogP contribution in [0.3, 0.4) is 0 Å². The molecular weight excluding hydrogens is 322 g/mol. The van der Waals surface area contributed by atoms with E-state index in [1.165, 1.54) is 23.1 Å². The summed E-state index contributed by atoms with van der Waals surface area (Å²) in [5, 5.41) is 19.8. The first-order chi connectivity index (χ1) is 10.7. The van der Waals surface area contributed by atoms with Crippen molar-refractivity contribution in [2.75, 3.05) is 17.2 Å². The van der Waals surface area contributed by atoms with Crippen molar-refractivity contribution in [2.24, 2.45) is 0 Å². The third-order valence-corrected chi connectivity index (χ3v) is 5.03. The van der Waals surface area contributed by atoms with Crippen LogP contribution in [0.5, 0.6) is 0 Å². The molecule has 0 unspecified atom stereocenters. The lowest BCUT2D eigenvalue weighted by molar-refractivity contribution is -0.119. The topological polar surface area (TPSA) is 99.0 Å². The number of aromatic nitrogens is 2. The number of carbonyl (C=O) groups is 2. The van der Waals surface area contributed by atoms with Gasteiger partial charge in [0.25, 0.3) is 0 Å². The molecule has 0 atom stereocenters. The quantitative estimate of drug-likeness (QED) is 0.438. The molecule has 9 heteroatoms. The summed E-state index contributed by atoms with van der Waals surface area (Å²) in [5.74, 6) is 0.149. The van der Waals surface area contributed by atoms with Gasteiger partial charge in [-0.15, -0.1) is 10.2 Å². The molecule has 0 aliphatic heterocycles. The zero-order chi connectivity index (χ0) is 15.9. The summed E-state index contributed by atoms with van der Waals surface area (Å²) < 4.78 is 0.667. The van der Waals surface area contributed by atoms with E-state index in [4.69, 9.17) is 5.26 Å². The first-order valence-corrected chi connectivity index (χ1v) is 8.88. The largest absolute Gasteiger partial charge is 0.354 e. The zero-order valence-electron chi connectivity index (χ0n) is 12.2. The highest BCUT2D eigenvalue weighted by molar-refractivity contribution is 8.01. The molecule has 2 rings (SSSR count). The Kier molecular flexibility index (Phi) is 6.15. The van der Waals surface area contributed by atoms with Gasteiger partial charge in [0.15, 0.2) is 4.34 Å². The van der Waals surface area contributed by atoms with Crippen LogP contribution in [0.1, 0.15) is 32.6 Å². The minimum atomic E-state index is -0.138. The fraction of sp³-hybridized carbons (Fsp3) is 0.615. The second-order valence-electron chi connectivity index (χ2n) is 4.75. The van der Waals surface area contributed by atoms with Gasteiger partial charge in [0.2, 0.25) is 16.9 Å². The Balaban J connectivity index is 1.87. The second kappa shape index (κ2) is 8.10. The fourth-order valence-electron chi connectivity index (χ4n) is 1.76. The van der Waals surface area contributed by atoms with Crippen LogP contribution in [0.15, 0.2) is 4.34 Å². The maximum Gasteiger partial charge on any atom is 0.230 e. The minimum absolute atomic E-state index is 0.0597. The predicted octanol–water partition coefficient (Wildman–Crippen LogP) is 1.57. The van der Waals surface area contributed by atoms with E-state index in [1.54, 1.807) is 4.90 Å². The van der Waals surface area contributed by atoms with E-state index in [0.717, 1.165) is 12.8 Å². The van der Waals surface area contributed by atoms with Crippen LogP contribution in [0.4, 0.5) is 5.13 Å². The van der Waals surface area contributed by atoms with Crippen LogP contribution in [0.25, 0.3) is 0 Å². The SMILES string of the molecule is CCC(=O)N(c1nnc(SCC(=O)NCCC#N)s1)C1CC1. The van der Waals surface area contributed by atoms with Crippen molar-refractivity contribution in [3.05, 3.63) is 0 Å². The average molecular weight is 339 g/mol. The molecule has 1 saturated carbocycles. The number of rotatable bonds is 8. The van der Waals surface area contributed by atoms with Gasteiger partial charge in [0.1, 0.15) is 0 Å². The predicted molar refractivity (Wildman–Crippen MR) is 84.7 cm³/mol. The molecule has 0 radical (unpaired) electrons. The number of hydrogen-bond donors (Lipinski definition) is 1. The van der Waals surface area contributed by atoms with Crippen LogP contribution in [-0.2, 0) is 9.59 Å². The molecule has 1 aromatic rings. The summed E-state index contributed by atoms with van der Waals surface area (Å²) in [6, 6.07) is 2.22. The molecule has 118 valence electrons. The second-order valence-corrected chi connectivity index (χ2v) is 6.92. The average Bonchev–Trinajstić information content (AvgIpc) is 3.23. The van der Waals surface area contributed by atoms with Crippen molar-refractivity contribution in [3.63, 3.8) is 0 Å². The Morgan fingerprint density at radius 1 is 1.50 bits per heavy atom. The highest BCUT2D eigenvalue weighted by atomic mass is 32.2. The van der Waals surface area contributed by atoms with Gasteiger partial charge >= 0.3 is 0 Å². The van der Waals surface area contributed by atoms with Crippen molar-refractivity contribution in [2.45, 2.75) is 43.0 Å². The number of amides is 2. The Bertz CT molecular complexity index is 579. The van der Waals surface area contributed by atoms with Gasteiger partial charge in [0, 0.05) is 19.0 Å². The Morgan fingerprint density at radius 2 is 2.27 bits per heavy atom. The van der Waals surface area contributed by atoms with Gasteiger partial charge in [-0.2, -0.15) is 5.26 Å². The van der Waals surface area contributed by atoms with E-state index in [1.807, 2.05) is 13.0 Å². The molecule has 1 fully saturated rings. The van der Waals surface area contributed by atoms with Crippen LogP contribution < -0.4 is 10.2 Å². The van der Waals surface area contributed by atoms with Crippen molar-refractivity contribution in [3.8, 4) is 6.07 Å². The Hall–Kier alpha value is -1.66. The lowest BCUT2D eigenvalue weighted by Gasteiger charge is -2.17. The summed E-state index contributed by atoms with van der Waals surface area (Å²) in [6.07, 6.45) is 2.76. The lowest BCUT2D eigenvalue weighted by Crippen LogP contribution is -2.32. The normalized spacial score (nSPS) is 13.5. The van der Waals surface area contributed by atoms with E-state index >= 15 is 0 Å². The summed E-state index contributed by atoms with van der Waals surface area (Å²) in [4.78, 5) is 25.3. The standard InChI is InChI=1S/C13H17N5O2S2/c1-2-11(20)18(9-4-5-9)12-16-17-13(22-12)21-8-10(19)15-7-3-6-14/h9H,2-5,7-8H2,1H3,(H,15,19). The van der Waals surface area contributed by atoms with Crippen LogP contribution in [0, 0.1) is 11.3 Å². The first kappa shape index (κ1) is 16.7. The number of anilines is 1. The molecule has 0 saturated heterocycles. The molecule has 7 nitrogen and oxygen atoms in total. The number of thioether (sulfide) groups is 1. The van der Waals surface area contributed by atoms with Gasteiger partial charge in [-0.1, -0.05) is 30.0 Å². The van der Waals surface area contributed by atoms with E-state index in [9.17, 15) is 9.59 Å². The van der Waals surface area contributed by atoms with Gasteiger partial charge in [-0.3, -0.25) is 14.5 Å². The van der Waals surface area contributed by atoms with E-state index in [2.05, 4.69) is 15.5 Å². The lowest BCUT2D eigenvalue weighted by atomic mass is 10.4. The van der Waals surface area contributed by atoms with E-state index in [0.29, 0.717) is 28.9 Å². The van der Waals surface area contributed by atoms with Crippen LogP contribution in [-0.4, -0.2) is 40.4 Å². The Morgan fingerprint density at radius 3 is 2.91 bits per heavy atom. The molecule has 2 amide bonds. The molecule has 0 spiro atoms. The number of nitrogens with zero attached hydrogens (tertiary/aromatic N) is 4. The highest BCUT2D eigenvalue weighted by Crippen LogP contribution is 2.36. The maximum atomic E-state index is 12.0. The summed E-state index contributed by atoms with van der Waals surface area (Å²) >= 11 is 2.63. The van der Waals surface area contributed by atoms with E-state index < -0.39 is 0 Å². The van der Waals surface area contributed by atoms with Crippen LogP contribution in [0.2, 0.25) is 0 Å². The Labute approximate surface area is 137 Å². The number of carbonyl (C=O) groups excluding carboxylic acids is 2. The maximum absolute atomic E-state index is 12.0. The molecule has 1 aromatic heterocycles. The molecule has 1 aliphatic carbocycles. The van der Waals surface area contributed by atoms with Gasteiger partial charge < -0.3 is 5.32 Å². The van der Waals surface area contributed by atoms with E-state index in [-0.39, 0.29) is 23.6 Å². The molecule has 1 N–H and O–H groups in total. The third-order valence-electron chi connectivity index (χ3n) is 2.97. The van der Waals surface area contributed by atoms with Crippen molar-refractivity contribution >= 4 is 40.0 Å². The molecule has 22 heavy (non-hydrogen) atoms.